The molecule has 1 aliphatic rings. The molecule has 2 aromatic rings. The van der Waals surface area contributed by atoms with Crippen LogP contribution in [0.2, 0.25) is 0 Å². The van der Waals surface area contributed by atoms with Crippen LogP contribution in [0.3, 0.4) is 0 Å². The van der Waals surface area contributed by atoms with Crippen LogP contribution in [0.25, 0.3) is 11.3 Å². The van der Waals surface area contributed by atoms with Gasteiger partial charge in [0.25, 0.3) is 0 Å². The van der Waals surface area contributed by atoms with Gasteiger partial charge in [0, 0.05) is 12.2 Å². The summed E-state index contributed by atoms with van der Waals surface area (Å²) in [7, 11) is 0. The van der Waals surface area contributed by atoms with Gasteiger partial charge in [-0.25, -0.2) is 4.98 Å². The first-order valence-corrected chi connectivity index (χ1v) is 6.68. The second-order valence-electron chi connectivity index (χ2n) is 5.04. The molecule has 19 heavy (non-hydrogen) atoms. The Kier molecular flexibility index (Phi) is 3.31. The lowest BCUT2D eigenvalue weighted by Gasteiger charge is -2.02. The highest BCUT2D eigenvalue weighted by atomic mass is 14.9. The lowest BCUT2D eigenvalue weighted by molar-refractivity contribution is 0.851. The fourth-order valence-corrected chi connectivity index (χ4v) is 1.94. The third kappa shape index (κ3) is 3.22. The highest BCUT2D eigenvalue weighted by Gasteiger charge is 2.19. The SMILES string of the molecule is Cc1ncc(-c2ccc(NC=NCC3CC3)cc2)[nH]1. The summed E-state index contributed by atoms with van der Waals surface area (Å²) in [5.41, 5.74) is 3.24. The van der Waals surface area contributed by atoms with E-state index in [1.165, 1.54) is 12.8 Å². The summed E-state index contributed by atoms with van der Waals surface area (Å²) in [5.74, 6) is 1.77. The number of aliphatic imine (C=N–C) groups is 1. The summed E-state index contributed by atoms with van der Waals surface area (Å²) in [6, 6.07) is 8.25. The molecule has 4 heteroatoms. The Morgan fingerprint density at radius 1 is 1.37 bits per heavy atom. The Bertz CT molecular complexity index is 564. The van der Waals surface area contributed by atoms with Crippen molar-refractivity contribution in [1.29, 1.82) is 0 Å². The molecule has 4 nitrogen and oxygen atoms in total. The van der Waals surface area contributed by atoms with Crippen molar-refractivity contribution in [3.8, 4) is 11.3 Å². The first-order chi connectivity index (χ1) is 9.31. The van der Waals surface area contributed by atoms with Gasteiger partial charge in [-0.05, 0) is 43.4 Å². The molecule has 1 saturated carbocycles. The number of hydrogen-bond acceptors (Lipinski definition) is 2. The predicted octanol–water partition coefficient (Wildman–Crippen LogP) is 3.24. The maximum absolute atomic E-state index is 4.36. The van der Waals surface area contributed by atoms with E-state index in [2.05, 4.69) is 44.5 Å². The molecule has 1 aromatic carbocycles. The predicted molar refractivity (Wildman–Crippen MR) is 78.5 cm³/mol. The van der Waals surface area contributed by atoms with E-state index >= 15 is 0 Å². The normalized spacial score (nSPS) is 15.0. The minimum absolute atomic E-state index is 0.837. The minimum atomic E-state index is 0.837. The first kappa shape index (κ1) is 12.0. The van der Waals surface area contributed by atoms with Crippen molar-refractivity contribution in [3.05, 3.63) is 36.3 Å². The number of H-pyrrole nitrogens is 1. The summed E-state index contributed by atoms with van der Waals surface area (Å²) in [5, 5.41) is 3.19. The molecule has 3 rings (SSSR count). The number of benzene rings is 1. The van der Waals surface area contributed by atoms with E-state index in [0.717, 1.165) is 35.2 Å². The van der Waals surface area contributed by atoms with Crippen molar-refractivity contribution < 1.29 is 0 Å². The lowest BCUT2D eigenvalue weighted by atomic mass is 10.1. The van der Waals surface area contributed by atoms with Crippen LogP contribution in [0, 0.1) is 12.8 Å². The van der Waals surface area contributed by atoms with E-state index in [-0.39, 0.29) is 0 Å². The number of aryl methyl sites for hydroxylation is 1. The van der Waals surface area contributed by atoms with Gasteiger partial charge in [-0.2, -0.15) is 0 Å². The second kappa shape index (κ2) is 5.26. The molecular weight excluding hydrogens is 236 g/mol. The Labute approximate surface area is 113 Å². The molecule has 1 aliphatic carbocycles. The summed E-state index contributed by atoms with van der Waals surface area (Å²) < 4.78 is 0. The van der Waals surface area contributed by atoms with Crippen LogP contribution < -0.4 is 5.32 Å². The Morgan fingerprint density at radius 3 is 2.79 bits per heavy atom. The van der Waals surface area contributed by atoms with Crippen molar-refractivity contribution in [2.45, 2.75) is 19.8 Å². The molecule has 2 N–H and O–H groups in total. The van der Waals surface area contributed by atoms with E-state index < -0.39 is 0 Å². The van der Waals surface area contributed by atoms with E-state index in [1.54, 1.807) is 6.34 Å². The number of imidazole rings is 1. The number of hydrogen-bond donors (Lipinski definition) is 2. The fraction of sp³-hybridized carbons (Fsp3) is 0.333. The molecule has 1 aromatic heterocycles. The number of aromatic amines is 1. The monoisotopic (exact) mass is 254 g/mol. The van der Waals surface area contributed by atoms with Gasteiger partial charge in [-0.3, -0.25) is 4.99 Å². The number of anilines is 1. The minimum Gasteiger partial charge on any atom is -0.347 e. The topological polar surface area (TPSA) is 53.1 Å². The first-order valence-electron chi connectivity index (χ1n) is 6.68. The molecule has 0 aliphatic heterocycles. The largest absolute Gasteiger partial charge is 0.347 e. The molecule has 1 fully saturated rings. The number of nitrogens with one attached hydrogen (secondary N) is 2. The molecule has 0 spiro atoms. The molecule has 98 valence electrons. The van der Waals surface area contributed by atoms with Crippen LogP contribution in [-0.2, 0) is 0 Å². The van der Waals surface area contributed by atoms with Crippen molar-refractivity contribution in [2.75, 3.05) is 11.9 Å². The van der Waals surface area contributed by atoms with Crippen LogP contribution in [0.4, 0.5) is 5.69 Å². The number of aromatic nitrogens is 2. The average molecular weight is 254 g/mol. The zero-order chi connectivity index (χ0) is 13.1. The summed E-state index contributed by atoms with van der Waals surface area (Å²) in [6.07, 6.45) is 6.34. The van der Waals surface area contributed by atoms with Gasteiger partial charge in [0.2, 0.25) is 0 Å². The van der Waals surface area contributed by atoms with Gasteiger partial charge in [0.05, 0.1) is 18.2 Å². The summed E-state index contributed by atoms with van der Waals surface area (Å²) in [6.45, 7) is 2.91. The second-order valence-corrected chi connectivity index (χ2v) is 5.04. The van der Waals surface area contributed by atoms with Gasteiger partial charge in [0.1, 0.15) is 5.82 Å². The summed E-state index contributed by atoms with van der Waals surface area (Å²) >= 11 is 0. The molecular formula is C15H18N4. The van der Waals surface area contributed by atoms with Crippen molar-refractivity contribution >= 4 is 12.0 Å². The highest BCUT2D eigenvalue weighted by molar-refractivity contribution is 5.76. The highest BCUT2D eigenvalue weighted by Crippen LogP contribution is 2.28. The maximum atomic E-state index is 4.36. The fourth-order valence-electron chi connectivity index (χ4n) is 1.94. The van der Waals surface area contributed by atoms with E-state index in [1.807, 2.05) is 13.1 Å². The standard InChI is InChI=1S/C15H18N4/c1-11-17-9-15(19-11)13-4-6-14(7-5-13)18-10-16-8-12-2-3-12/h4-7,9-10,12H,2-3,8H2,1H3,(H,16,18)(H,17,19). The van der Waals surface area contributed by atoms with Gasteiger partial charge in [0.15, 0.2) is 0 Å². The molecule has 0 unspecified atom stereocenters. The van der Waals surface area contributed by atoms with Gasteiger partial charge in [-0.15, -0.1) is 0 Å². The Morgan fingerprint density at radius 2 is 2.16 bits per heavy atom. The quantitative estimate of drug-likeness (QED) is 0.635. The molecule has 1 heterocycles. The van der Waals surface area contributed by atoms with Gasteiger partial charge < -0.3 is 10.3 Å². The smallest absolute Gasteiger partial charge is 0.103 e. The number of rotatable bonds is 5. The van der Waals surface area contributed by atoms with Crippen molar-refractivity contribution in [1.82, 2.24) is 9.97 Å². The van der Waals surface area contributed by atoms with E-state index in [4.69, 9.17) is 0 Å². The van der Waals surface area contributed by atoms with Crippen LogP contribution in [0.15, 0.2) is 35.5 Å². The van der Waals surface area contributed by atoms with E-state index in [9.17, 15) is 0 Å². The zero-order valence-electron chi connectivity index (χ0n) is 11.1. The third-order valence-electron chi connectivity index (χ3n) is 3.28. The van der Waals surface area contributed by atoms with Crippen molar-refractivity contribution in [3.63, 3.8) is 0 Å². The molecule has 0 amide bonds. The summed E-state index contributed by atoms with van der Waals surface area (Å²) in [4.78, 5) is 11.8. The van der Waals surface area contributed by atoms with Gasteiger partial charge >= 0.3 is 0 Å². The van der Waals surface area contributed by atoms with Gasteiger partial charge in [-0.1, -0.05) is 12.1 Å². The average Bonchev–Trinajstić information content (AvgIpc) is 3.16. The number of nitrogens with zero attached hydrogens (tertiary/aromatic N) is 2. The molecule has 0 atom stereocenters. The van der Waals surface area contributed by atoms with Crippen LogP contribution in [-0.4, -0.2) is 22.9 Å². The molecule has 0 radical (unpaired) electrons. The lowest BCUT2D eigenvalue weighted by Crippen LogP contribution is -1.96. The van der Waals surface area contributed by atoms with Crippen LogP contribution >= 0.6 is 0 Å². The zero-order valence-corrected chi connectivity index (χ0v) is 11.1. The van der Waals surface area contributed by atoms with Crippen molar-refractivity contribution in [2.24, 2.45) is 10.9 Å². The van der Waals surface area contributed by atoms with Crippen LogP contribution in [0.1, 0.15) is 18.7 Å². The Hall–Kier alpha value is -2.10. The Balaban J connectivity index is 1.60. The molecule has 0 saturated heterocycles. The maximum Gasteiger partial charge on any atom is 0.103 e. The van der Waals surface area contributed by atoms with Crippen LogP contribution in [0.5, 0.6) is 0 Å². The third-order valence-corrected chi connectivity index (χ3v) is 3.28. The van der Waals surface area contributed by atoms with E-state index in [0.29, 0.717) is 0 Å². The molecule has 0 bridgehead atoms.